The van der Waals surface area contributed by atoms with Crippen LogP contribution < -0.4 is 0 Å². The Kier molecular flexibility index (Phi) is 3.67. The van der Waals surface area contributed by atoms with Crippen LogP contribution in [-0.2, 0) is 16.0 Å². The summed E-state index contributed by atoms with van der Waals surface area (Å²) >= 11 is 1.80. The Bertz CT molecular complexity index is 324. The van der Waals surface area contributed by atoms with Crippen molar-refractivity contribution < 1.29 is 9.53 Å². The number of thioether (sulfide) groups is 1. The molecule has 1 aliphatic heterocycles. The highest BCUT2D eigenvalue weighted by atomic mass is 32.2. The Labute approximate surface area is 94.0 Å². The minimum absolute atomic E-state index is 0.0485. The molecule has 1 atom stereocenters. The van der Waals surface area contributed by atoms with Crippen molar-refractivity contribution >= 4 is 17.7 Å². The van der Waals surface area contributed by atoms with E-state index in [9.17, 15) is 4.79 Å². The fourth-order valence-corrected chi connectivity index (χ4v) is 2.55. The first-order chi connectivity index (χ1) is 7.34. The van der Waals surface area contributed by atoms with Crippen molar-refractivity contribution in [3.8, 4) is 0 Å². The molecular formula is C12H14O2S. The topological polar surface area (TPSA) is 26.3 Å². The highest BCUT2D eigenvalue weighted by Crippen LogP contribution is 2.17. The lowest BCUT2D eigenvalue weighted by Crippen LogP contribution is -2.20. The van der Waals surface area contributed by atoms with Gasteiger partial charge in [0.15, 0.2) is 0 Å². The standard InChI is InChI=1S/C12H14O2S/c13-12-6-7-15-9-11(14-12)8-10-4-2-1-3-5-10/h1-5,11H,6-9H2. The first-order valence-electron chi connectivity index (χ1n) is 5.16. The maximum absolute atomic E-state index is 11.2. The van der Waals surface area contributed by atoms with E-state index >= 15 is 0 Å². The van der Waals surface area contributed by atoms with Crippen LogP contribution in [0, 0.1) is 0 Å². The maximum Gasteiger partial charge on any atom is 0.306 e. The van der Waals surface area contributed by atoms with Gasteiger partial charge in [0.25, 0.3) is 0 Å². The summed E-state index contributed by atoms with van der Waals surface area (Å²) < 4.78 is 5.36. The van der Waals surface area contributed by atoms with E-state index in [4.69, 9.17) is 4.74 Å². The summed E-state index contributed by atoms with van der Waals surface area (Å²) in [4.78, 5) is 11.2. The Morgan fingerprint density at radius 3 is 2.93 bits per heavy atom. The molecule has 0 spiro atoms. The molecule has 15 heavy (non-hydrogen) atoms. The van der Waals surface area contributed by atoms with Crippen LogP contribution in [0.1, 0.15) is 12.0 Å². The van der Waals surface area contributed by atoms with Crippen LogP contribution in [0.4, 0.5) is 0 Å². The van der Waals surface area contributed by atoms with Gasteiger partial charge < -0.3 is 4.74 Å². The fraction of sp³-hybridized carbons (Fsp3) is 0.417. The van der Waals surface area contributed by atoms with E-state index in [-0.39, 0.29) is 12.1 Å². The monoisotopic (exact) mass is 222 g/mol. The van der Waals surface area contributed by atoms with E-state index in [1.165, 1.54) is 5.56 Å². The molecule has 1 aromatic carbocycles. The molecule has 1 saturated heterocycles. The smallest absolute Gasteiger partial charge is 0.306 e. The molecule has 1 heterocycles. The van der Waals surface area contributed by atoms with Crippen LogP contribution >= 0.6 is 11.8 Å². The number of cyclic esters (lactones) is 1. The largest absolute Gasteiger partial charge is 0.461 e. The van der Waals surface area contributed by atoms with Gasteiger partial charge in [-0.3, -0.25) is 4.79 Å². The third-order valence-corrected chi connectivity index (χ3v) is 3.46. The predicted molar refractivity (Wildman–Crippen MR) is 62.0 cm³/mol. The van der Waals surface area contributed by atoms with Crippen molar-refractivity contribution in [2.45, 2.75) is 18.9 Å². The molecule has 0 amide bonds. The molecule has 3 heteroatoms. The highest BCUT2D eigenvalue weighted by molar-refractivity contribution is 7.99. The van der Waals surface area contributed by atoms with Gasteiger partial charge in [-0.15, -0.1) is 0 Å². The van der Waals surface area contributed by atoms with Crippen molar-refractivity contribution in [2.24, 2.45) is 0 Å². The molecule has 0 radical (unpaired) electrons. The summed E-state index contributed by atoms with van der Waals surface area (Å²) in [6.45, 7) is 0. The minimum atomic E-state index is -0.0547. The second-order valence-corrected chi connectivity index (χ2v) is 4.78. The van der Waals surface area contributed by atoms with Gasteiger partial charge in [-0.05, 0) is 5.56 Å². The van der Waals surface area contributed by atoms with Crippen LogP contribution in [0.15, 0.2) is 30.3 Å². The number of benzene rings is 1. The number of carbonyl (C=O) groups is 1. The van der Waals surface area contributed by atoms with E-state index in [2.05, 4.69) is 12.1 Å². The quantitative estimate of drug-likeness (QED) is 0.718. The summed E-state index contributed by atoms with van der Waals surface area (Å²) in [6, 6.07) is 10.2. The van der Waals surface area contributed by atoms with Gasteiger partial charge >= 0.3 is 5.97 Å². The molecule has 0 aliphatic carbocycles. The van der Waals surface area contributed by atoms with Gasteiger partial charge in [0.2, 0.25) is 0 Å². The zero-order chi connectivity index (χ0) is 10.5. The number of hydrogen-bond acceptors (Lipinski definition) is 3. The van der Waals surface area contributed by atoms with E-state index in [0.29, 0.717) is 6.42 Å². The van der Waals surface area contributed by atoms with Crippen molar-refractivity contribution in [3.05, 3.63) is 35.9 Å². The lowest BCUT2D eigenvalue weighted by Gasteiger charge is -2.14. The van der Waals surface area contributed by atoms with Gasteiger partial charge in [-0.25, -0.2) is 0 Å². The summed E-state index contributed by atoms with van der Waals surface area (Å²) in [5.41, 5.74) is 1.23. The fourth-order valence-electron chi connectivity index (χ4n) is 1.63. The molecule has 1 aromatic rings. The van der Waals surface area contributed by atoms with E-state index < -0.39 is 0 Å². The summed E-state index contributed by atoms with van der Waals surface area (Å²) in [7, 11) is 0. The third-order valence-electron chi connectivity index (χ3n) is 2.36. The number of ether oxygens (including phenoxy) is 1. The van der Waals surface area contributed by atoms with Crippen LogP contribution in [0.3, 0.4) is 0 Å². The SMILES string of the molecule is O=C1CCSCC(Cc2ccccc2)O1. The Balaban J connectivity index is 1.96. The molecule has 0 N–H and O–H groups in total. The first-order valence-corrected chi connectivity index (χ1v) is 6.31. The molecule has 80 valence electrons. The number of esters is 1. The Morgan fingerprint density at radius 1 is 1.33 bits per heavy atom. The van der Waals surface area contributed by atoms with Gasteiger partial charge in [0, 0.05) is 17.9 Å². The van der Waals surface area contributed by atoms with Crippen LogP contribution in [0.25, 0.3) is 0 Å². The van der Waals surface area contributed by atoms with E-state index in [0.717, 1.165) is 17.9 Å². The molecule has 2 rings (SSSR count). The summed E-state index contributed by atoms with van der Waals surface area (Å²) in [5.74, 6) is 1.76. The second-order valence-electron chi connectivity index (χ2n) is 3.63. The molecule has 0 saturated carbocycles. The number of hydrogen-bond donors (Lipinski definition) is 0. The van der Waals surface area contributed by atoms with Gasteiger partial charge in [-0.1, -0.05) is 30.3 Å². The average Bonchev–Trinajstić information content (AvgIpc) is 2.44. The lowest BCUT2D eigenvalue weighted by molar-refractivity contribution is -0.147. The van der Waals surface area contributed by atoms with Crippen LogP contribution in [0.2, 0.25) is 0 Å². The maximum atomic E-state index is 11.2. The highest BCUT2D eigenvalue weighted by Gasteiger charge is 2.18. The predicted octanol–water partition coefficient (Wildman–Crippen LogP) is 2.28. The molecule has 2 nitrogen and oxygen atoms in total. The number of carbonyl (C=O) groups excluding carboxylic acids is 1. The lowest BCUT2D eigenvalue weighted by atomic mass is 10.1. The summed E-state index contributed by atoms with van der Waals surface area (Å²) in [6.07, 6.45) is 1.43. The molecule has 1 aliphatic rings. The molecule has 1 unspecified atom stereocenters. The average molecular weight is 222 g/mol. The van der Waals surface area contributed by atoms with Gasteiger partial charge in [0.05, 0.1) is 6.42 Å². The van der Waals surface area contributed by atoms with E-state index in [1.54, 1.807) is 11.8 Å². The molecule has 1 fully saturated rings. The molecular weight excluding hydrogens is 208 g/mol. The van der Waals surface area contributed by atoms with E-state index in [1.807, 2.05) is 18.2 Å². The Hall–Kier alpha value is -0.960. The minimum Gasteiger partial charge on any atom is -0.461 e. The summed E-state index contributed by atoms with van der Waals surface area (Å²) in [5, 5.41) is 0. The number of rotatable bonds is 2. The Morgan fingerprint density at radius 2 is 2.13 bits per heavy atom. The zero-order valence-corrected chi connectivity index (χ0v) is 9.33. The second kappa shape index (κ2) is 5.21. The molecule has 0 bridgehead atoms. The van der Waals surface area contributed by atoms with Crippen molar-refractivity contribution in [1.82, 2.24) is 0 Å². The van der Waals surface area contributed by atoms with Crippen LogP contribution in [0.5, 0.6) is 0 Å². The van der Waals surface area contributed by atoms with Gasteiger partial charge in [-0.2, -0.15) is 11.8 Å². The third kappa shape index (κ3) is 3.27. The normalized spacial score (nSPS) is 21.9. The van der Waals surface area contributed by atoms with Crippen LogP contribution in [-0.4, -0.2) is 23.6 Å². The first kappa shape index (κ1) is 10.6. The van der Waals surface area contributed by atoms with Crippen molar-refractivity contribution in [1.29, 1.82) is 0 Å². The zero-order valence-electron chi connectivity index (χ0n) is 8.52. The van der Waals surface area contributed by atoms with Crippen molar-refractivity contribution in [3.63, 3.8) is 0 Å². The van der Waals surface area contributed by atoms with Gasteiger partial charge in [0.1, 0.15) is 6.10 Å². The van der Waals surface area contributed by atoms with Crippen molar-refractivity contribution in [2.75, 3.05) is 11.5 Å². The molecule has 0 aromatic heterocycles.